The summed E-state index contributed by atoms with van der Waals surface area (Å²) in [7, 11) is 0. The van der Waals surface area contributed by atoms with Crippen molar-refractivity contribution in [3.8, 4) is 6.07 Å². The predicted octanol–water partition coefficient (Wildman–Crippen LogP) is 2.15. The summed E-state index contributed by atoms with van der Waals surface area (Å²) in [5.74, 6) is 0. The maximum atomic E-state index is 12.6. The molecule has 3 nitrogen and oxygen atoms in total. The summed E-state index contributed by atoms with van der Waals surface area (Å²) < 4.78 is 25.6. The SMILES string of the molecule is N#CCc1cc(C(F)F)c(I)c(CN)n1. The Kier molecular flexibility index (Phi) is 4.35. The Morgan fingerprint density at radius 1 is 1.60 bits per heavy atom. The van der Waals surface area contributed by atoms with Crippen LogP contribution in [0.3, 0.4) is 0 Å². The lowest BCUT2D eigenvalue weighted by Gasteiger charge is -2.09. The number of hydrogen-bond donors (Lipinski definition) is 1. The van der Waals surface area contributed by atoms with Crippen LogP contribution in [0, 0.1) is 14.9 Å². The van der Waals surface area contributed by atoms with Gasteiger partial charge < -0.3 is 5.73 Å². The lowest BCUT2D eigenvalue weighted by molar-refractivity contribution is 0.150. The zero-order valence-electron chi connectivity index (χ0n) is 7.67. The first-order valence-electron chi connectivity index (χ1n) is 4.13. The normalized spacial score (nSPS) is 10.4. The minimum absolute atomic E-state index is 0.0175. The molecule has 1 aromatic rings. The highest BCUT2D eigenvalue weighted by Crippen LogP contribution is 2.26. The third-order valence-electron chi connectivity index (χ3n) is 1.80. The van der Waals surface area contributed by atoms with Gasteiger partial charge >= 0.3 is 0 Å². The van der Waals surface area contributed by atoms with Crippen molar-refractivity contribution in [3.63, 3.8) is 0 Å². The molecule has 15 heavy (non-hydrogen) atoms. The van der Waals surface area contributed by atoms with Gasteiger partial charge in [-0.05, 0) is 28.7 Å². The van der Waals surface area contributed by atoms with Gasteiger partial charge in [0.2, 0.25) is 0 Å². The van der Waals surface area contributed by atoms with E-state index in [4.69, 9.17) is 11.0 Å². The number of halogens is 3. The van der Waals surface area contributed by atoms with Crippen molar-refractivity contribution in [2.75, 3.05) is 0 Å². The monoisotopic (exact) mass is 323 g/mol. The largest absolute Gasteiger partial charge is 0.325 e. The number of alkyl halides is 2. The Hall–Kier alpha value is -0.810. The first-order chi connectivity index (χ1) is 7.10. The van der Waals surface area contributed by atoms with Gasteiger partial charge in [0.1, 0.15) is 0 Å². The van der Waals surface area contributed by atoms with Crippen LogP contribution >= 0.6 is 22.6 Å². The van der Waals surface area contributed by atoms with Gasteiger partial charge in [0.25, 0.3) is 6.43 Å². The van der Waals surface area contributed by atoms with Gasteiger partial charge in [0.15, 0.2) is 0 Å². The Balaban J connectivity index is 3.26. The molecule has 1 rings (SSSR count). The fourth-order valence-electron chi connectivity index (χ4n) is 1.13. The molecule has 80 valence electrons. The van der Waals surface area contributed by atoms with Gasteiger partial charge in [0, 0.05) is 15.7 Å². The summed E-state index contributed by atoms with van der Waals surface area (Å²) in [5.41, 5.74) is 6.05. The second-order valence-corrected chi connectivity index (χ2v) is 3.88. The molecule has 0 saturated carbocycles. The van der Waals surface area contributed by atoms with Crippen molar-refractivity contribution in [2.45, 2.75) is 19.4 Å². The first kappa shape index (κ1) is 12.3. The van der Waals surface area contributed by atoms with Crippen molar-refractivity contribution in [1.82, 2.24) is 4.98 Å². The molecular weight excluding hydrogens is 315 g/mol. The second kappa shape index (κ2) is 5.32. The van der Waals surface area contributed by atoms with E-state index in [9.17, 15) is 8.78 Å². The van der Waals surface area contributed by atoms with E-state index in [1.165, 1.54) is 6.07 Å². The highest BCUT2D eigenvalue weighted by atomic mass is 127. The van der Waals surface area contributed by atoms with E-state index in [-0.39, 0.29) is 18.5 Å². The van der Waals surface area contributed by atoms with Crippen LogP contribution in [0.1, 0.15) is 23.4 Å². The highest BCUT2D eigenvalue weighted by molar-refractivity contribution is 14.1. The average Bonchev–Trinajstić information content (AvgIpc) is 2.20. The maximum Gasteiger partial charge on any atom is 0.265 e. The Bertz CT molecular complexity index is 401. The average molecular weight is 323 g/mol. The van der Waals surface area contributed by atoms with Gasteiger partial charge in [-0.1, -0.05) is 0 Å². The molecule has 0 atom stereocenters. The van der Waals surface area contributed by atoms with E-state index in [1.807, 2.05) is 6.07 Å². The van der Waals surface area contributed by atoms with E-state index < -0.39 is 6.43 Å². The molecule has 0 unspecified atom stereocenters. The van der Waals surface area contributed by atoms with Crippen LogP contribution in [-0.2, 0) is 13.0 Å². The summed E-state index contributed by atoms with van der Waals surface area (Å²) >= 11 is 1.80. The van der Waals surface area contributed by atoms with Crippen LogP contribution < -0.4 is 5.73 Å². The van der Waals surface area contributed by atoms with Crippen molar-refractivity contribution < 1.29 is 8.78 Å². The van der Waals surface area contributed by atoms with Crippen molar-refractivity contribution in [1.29, 1.82) is 5.26 Å². The van der Waals surface area contributed by atoms with Gasteiger partial charge in [-0.3, -0.25) is 4.98 Å². The standard InChI is InChI=1S/C9H8F2IN3/c10-9(11)6-3-5(1-2-13)15-7(4-14)8(6)12/h3,9H,1,4,14H2. The fraction of sp³-hybridized carbons (Fsp3) is 0.333. The quantitative estimate of drug-likeness (QED) is 0.867. The molecule has 0 radical (unpaired) electrons. The van der Waals surface area contributed by atoms with Crippen LogP contribution in [0.15, 0.2) is 6.07 Å². The lowest BCUT2D eigenvalue weighted by atomic mass is 10.1. The molecule has 0 saturated heterocycles. The zero-order chi connectivity index (χ0) is 11.4. The number of nitriles is 1. The summed E-state index contributed by atoms with van der Waals surface area (Å²) in [6.07, 6.45) is -2.55. The van der Waals surface area contributed by atoms with Crippen LogP contribution in [0.25, 0.3) is 0 Å². The number of pyridine rings is 1. The Labute approximate surface area is 99.4 Å². The topological polar surface area (TPSA) is 62.7 Å². The summed E-state index contributed by atoms with van der Waals surface area (Å²) in [6, 6.07) is 3.13. The fourth-order valence-corrected chi connectivity index (χ4v) is 1.86. The Morgan fingerprint density at radius 2 is 2.27 bits per heavy atom. The molecule has 1 heterocycles. The van der Waals surface area contributed by atoms with Crippen LogP contribution in [0.4, 0.5) is 8.78 Å². The third kappa shape index (κ3) is 2.82. The van der Waals surface area contributed by atoms with Gasteiger partial charge in [-0.25, -0.2) is 8.78 Å². The van der Waals surface area contributed by atoms with Gasteiger partial charge in [-0.15, -0.1) is 0 Å². The van der Waals surface area contributed by atoms with E-state index in [0.717, 1.165) is 0 Å². The zero-order valence-corrected chi connectivity index (χ0v) is 9.83. The number of nitrogens with zero attached hydrogens (tertiary/aromatic N) is 2. The number of nitrogens with two attached hydrogens (primary N) is 1. The Morgan fingerprint density at radius 3 is 2.73 bits per heavy atom. The molecular formula is C9H8F2IN3. The molecule has 0 fully saturated rings. The molecule has 0 aliphatic carbocycles. The molecule has 0 aliphatic heterocycles. The minimum atomic E-state index is -2.57. The van der Waals surface area contributed by atoms with Crippen LogP contribution in [0.2, 0.25) is 0 Å². The smallest absolute Gasteiger partial charge is 0.265 e. The second-order valence-electron chi connectivity index (χ2n) is 2.80. The van der Waals surface area contributed by atoms with E-state index >= 15 is 0 Å². The van der Waals surface area contributed by atoms with Gasteiger partial charge in [0.05, 0.1) is 23.9 Å². The van der Waals surface area contributed by atoms with E-state index in [2.05, 4.69) is 4.98 Å². The third-order valence-corrected chi connectivity index (χ3v) is 3.04. The van der Waals surface area contributed by atoms with Gasteiger partial charge in [-0.2, -0.15) is 5.26 Å². The maximum absolute atomic E-state index is 12.6. The number of aromatic nitrogens is 1. The number of hydrogen-bond acceptors (Lipinski definition) is 3. The molecule has 1 aromatic heterocycles. The van der Waals surface area contributed by atoms with Crippen molar-refractivity contribution in [2.24, 2.45) is 5.73 Å². The van der Waals surface area contributed by atoms with Crippen molar-refractivity contribution in [3.05, 3.63) is 26.6 Å². The first-order valence-corrected chi connectivity index (χ1v) is 5.21. The summed E-state index contributed by atoms with van der Waals surface area (Å²) in [5, 5.41) is 8.47. The predicted molar refractivity (Wildman–Crippen MR) is 59.1 cm³/mol. The van der Waals surface area contributed by atoms with Crippen molar-refractivity contribution >= 4 is 22.6 Å². The summed E-state index contributed by atoms with van der Waals surface area (Å²) in [4.78, 5) is 4.04. The minimum Gasteiger partial charge on any atom is -0.325 e. The molecule has 0 amide bonds. The molecule has 0 bridgehead atoms. The van der Waals surface area contributed by atoms with E-state index in [0.29, 0.717) is 15.0 Å². The number of rotatable bonds is 3. The molecule has 0 aliphatic rings. The van der Waals surface area contributed by atoms with Crippen LogP contribution in [0.5, 0.6) is 0 Å². The van der Waals surface area contributed by atoms with Crippen LogP contribution in [-0.4, -0.2) is 4.98 Å². The molecule has 6 heteroatoms. The molecule has 2 N–H and O–H groups in total. The molecule has 0 aromatic carbocycles. The molecule has 0 spiro atoms. The lowest BCUT2D eigenvalue weighted by Crippen LogP contribution is -2.08. The summed E-state index contributed by atoms with van der Waals surface area (Å²) in [6.45, 7) is 0.0945. The van der Waals surface area contributed by atoms with E-state index in [1.54, 1.807) is 22.6 Å². The highest BCUT2D eigenvalue weighted by Gasteiger charge is 2.16.